The number of benzene rings is 1. The topological polar surface area (TPSA) is 29.3 Å². The summed E-state index contributed by atoms with van der Waals surface area (Å²) in [6.07, 6.45) is 4.75. The van der Waals surface area contributed by atoms with Crippen LogP contribution in [0, 0.1) is 5.92 Å². The second-order valence-corrected chi connectivity index (χ2v) is 6.20. The third-order valence-corrected chi connectivity index (χ3v) is 4.49. The average molecular weight is 281 g/mol. The lowest BCUT2D eigenvalue weighted by molar-refractivity contribution is 0.395. The molecule has 106 valence electrons. The molecule has 1 atom stereocenters. The van der Waals surface area contributed by atoms with Gasteiger partial charge in [-0.1, -0.05) is 31.0 Å². The van der Waals surface area contributed by atoms with Crippen LogP contribution in [-0.2, 0) is 6.42 Å². The molecule has 2 nitrogen and oxygen atoms in total. The van der Waals surface area contributed by atoms with E-state index in [1.54, 1.807) is 0 Å². The first-order valence-electron chi connectivity index (χ1n) is 7.39. The van der Waals surface area contributed by atoms with Gasteiger partial charge in [-0.15, -0.1) is 0 Å². The molecule has 1 heterocycles. The van der Waals surface area contributed by atoms with E-state index in [0.29, 0.717) is 0 Å². The van der Waals surface area contributed by atoms with Gasteiger partial charge in [0, 0.05) is 29.8 Å². The predicted octanol–water partition coefficient (Wildman–Crippen LogP) is 3.86. The van der Waals surface area contributed by atoms with Gasteiger partial charge in [0.05, 0.1) is 0 Å². The molecule has 1 aliphatic heterocycles. The summed E-state index contributed by atoms with van der Waals surface area (Å²) >= 11 is 6.37. The third-order valence-electron chi connectivity index (χ3n) is 4.14. The molecule has 1 aromatic rings. The molecular weight excluding hydrogens is 256 g/mol. The Balaban J connectivity index is 2.04. The standard InChI is InChI=1S/C16H25ClN2/c1-3-13-6-8-19(9-7-13)15-5-4-14(10-12(2)18)16(17)11-15/h4-5,11-13H,3,6-10,18H2,1-2H3. The fraction of sp³-hybridized carbons (Fsp3) is 0.625. The second kappa shape index (κ2) is 6.62. The van der Waals surface area contributed by atoms with Crippen molar-refractivity contribution in [2.24, 2.45) is 11.7 Å². The number of hydrogen-bond acceptors (Lipinski definition) is 2. The highest BCUT2D eigenvalue weighted by molar-refractivity contribution is 6.31. The molecule has 19 heavy (non-hydrogen) atoms. The van der Waals surface area contributed by atoms with Crippen molar-refractivity contribution in [3.05, 3.63) is 28.8 Å². The van der Waals surface area contributed by atoms with Crippen molar-refractivity contribution in [1.82, 2.24) is 0 Å². The van der Waals surface area contributed by atoms with Crippen LogP contribution in [0.2, 0.25) is 5.02 Å². The van der Waals surface area contributed by atoms with Crippen LogP contribution < -0.4 is 10.6 Å². The number of rotatable bonds is 4. The van der Waals surface area contributed by atoms with Crippen LogP contribution >= 0.6 is 11.6 Å². The zero-order chi connectivity index (χ0) is 13.8. The second-order valence-electron chi connectivity index (χ2n) is 5.80. The lowest BCUT2D eigenvalue weighted by Gasteiger charge is -2.33. The van der Waals surface area contributed by atoms with E-state index in [2.05, 4.69) is 30.0 Å². The summed E-state index contributed by atoms with van der Waals surface area (Å²) in [5.41, 5.74) is 8.25. The highest BCUT2D eigenvalue weighted by Gasteiger charge is 2.18. The number of anilines is 1. The van der Waals surface area contributed by atoms with E-state index in [1.807, 2.05) is 6.92 Å². The van der Waals surface area contributed by atoms with Crippen LogP contribution in [0.5, 0.6) is 0 Å². The van der Waals surface area contributed by atoms with Crippen LogP contribution in [0.15, 0.2) is 18.2 Å². The Kier molecular flexibility index (Phi) is 5.12. The molecule has 0 spiro atoms. The van der Waals surface area contributed by atoms with Crippen LogP contribution in [-0.4, -0.2) is 19.1 Å². The number of piperidine rings is 1. The maximum Gasteiger partial charge on any atom is 0.0459 e. The molecule has 0 amide bonds. The van der Waals surface area contributed by atoms with E-state index in [1.165, 1.54) is 24.9 Å². The fourth-order valence-corrected chi connectivity index (χ4v) is 3.10. The van der Waals surface area contributed by atoms with Crippen molar-refractivity contribution >= 4 is 17.3 Å². The van der Waals surface area contributed by atoms with E-state index < -0.39 is 0 Å². The van der Waals surface area contributed by atoms with E-state index in [0.717, 1.165) is 36.0 Å². The van der Waals surface area contributed by atoms with Gasteiger partial charge in [0.25, 0.3) is 0 Å². The Morgan fingerprint density at radius 3 is 2.58 bits per heavy atom. The molecule has 0 aromatic heterocycles. The number of halogens is 1. The summed E-state index contributed by atoms with van der Waals surface area (Å²) in [5.74, 6) is 0.907. The normalized spacial score (nSPS) is 18.6. The van der Waals surface area contributed by atoms with Crippen molar-refractivity contribution in [1.29, 1.82) is 0 Å². The van der Waals surface area contributed by atoms with Gasteiger partial charge in [0.15, 0.2) is 0 Å². The zero-order valence-electron chi connectivity index (χ0n) is 12.0. The largest absolute Gasteiger partial charge is 0.371 e. The molecule has 1 unspecified atom stereocenters. The minimum Gasteiger partial charge on any atom is -0.371 e. The smallest absolute Gasteiger partial charge is 0.0459 e. The summed E-state index contributed by atoms with van der Waals surface area (Å²) in [7, 11) is 0. The summed E-state index contributed by atoms with van der Waals surface area (Å²) in [5, 5.41) is 0.854. The first kappa shape index (κ1) is 14.7. The van der Waals surface area contributed by atoms with Gasteiger partial charge in [0.1, 0.15) is 0 Å². The summed E-state index contributed by atoms with van der Waals surface area (Å²) in [6.45, 7) is 6.61. The molecule has 0 saturated carbocycles. The van der Waals surface area contributed by atoms with Crippen LogP contribution in [0.4, 0.5) is 5.69 Å². The average Bonchev–Trinajstić information content (AvgIpc) is 2.41. The van der Waals surface area contributed by atoms with E-state index in [9.17, 15) is 0 Å². The molecule has 2 N–H and O–H groups in total. The summed E-state index contributed by atoms with van der Waals surface area (Å²) in [4.78, 5) is 2.45. The zero-order valence-corrected chi connectivity index (χ0v) is 12.8. The van der Waals surface area contributed by atoms with Gasteiger partial charge in [-0.2, -0.15) is 0 Å². The van der Waals surface area contributed by atoms with Crippen LogP contribution in [0.1, 0.15) is 38.7 Å². The Bertz CT molecular complexity index is 409. The van der Waals surface area contributed by atoms with E-state index >= 15 is 0 Å². The SMILES string of the molecule is CCC1CCN(c2ccc(CC(C)N)c(Cl)c2)CC1. The Morgan fingerprint density at radius 2 is 2.05 bits per heavy atom. The molecule has 3 heteroatoms. The van der Waals surface area contributed by atoms with Gasteiger partial charge in [-0.25, -0.2) is 0 Å². The molecular formula is C16H25ClN2. The monoisotopic (exact) mass is 280 g/mol. The van der Waals surface area contributed by atoms with Crippen molar-refractivity contribution in [2.45, 2.75) is 45.6 Å². The Hall–Kier alpha value is -0.730. The lowest BCUT2D eigenvalue weighted by atomic mass is 9.94. The van der Waals surface area contributed by atoms with E-state index in [-0.39, 0.29) is 6.04 Å². The highest BCUT2D eigenvalue weighted by atomic mass is 35.5. The number of nitrogens with two attached hydrogens (primary N) is 1. The molecule has 0 bridgehead atoms. The maximum atomic E-state index is 6.37. The van der Waals surface area contributed by atoms with E-state index in [4.69, 9.17) is 17.3 Å². The number of hydrogen-bond donors (Lipinski definition) is 1. The highest BCUT2D eigenvalue weighted by Crippen LogP contribution is 2.28. The molecule has 0 radical (unpaired) electrons. The predicted molar refractivity (Wildman–Crippen MR) is 84.0 cm³/mol. The summed E-state index contributed by atoms with van der Waals surface area (Å²) in [6, 6.07) is 6.58. The number of nitrogens with zero attached hydrogens (tertiary/aromatic N) is 1. The maximum absolute atomic E-state index is 6.37. The minimum atomic E-state index is 0.156. The lowest BCUT2D eigenvalue weighted by Crippen LogP contribution is -2.33. The molecule has 1 saturated heterocycles. The van der Waals surface area contributed by atoms with Crippen molar-refractivity contribution in [3.63, 3.8) is 0 Å². The van der Waals surface area contributed by atoms with Crippen LogP contribution in [0.3, 0.4) is 0 Å². The molecule has 1 aromatic carbocycles. The third kappa shape index (κ3) is 3.87. The first-order chi connectivity index (χ1) is 9.10. The van der Waals surface area contributed by atoms with Crippen molar-refractivity contribution in [3.8, 4) is 0 Å². The minimum absolute atomic E-state index is 0.156. The van der Waals surface area contributed by atoms with Gasteiger partial charge < -0.3 is 10.6 Å². The quantitative estimate of drug-likeness (QED) is 0.907. The first-order valence-corrected chi connectivity index (χ1v) is 7.77. The molecule has 1 aliphatic rings. The van der Waals surface area contributed by atoms with Gasteiger partial charge in [-0.3, -0.25) is 0 Å². The molecule has 0 aliphatic carbocycles. The van der Waals surface area contributed by atoms with Gasteiger partial charge in [-0.05, 0) is 49.8 Å². The fourth-order valence-electron chi connectivity index (χ4n) is 2.84. The Labute approximate surface area is 121 Å². The van der Waals surface area contributed by atoms with Gasteiger partial charge >= 0.3 is 0 Å². The molecule has 2 rings (SSSR count). The molecule has 1 fully saturated rings. The van der Waals surface area contributed by atoms with Crippen molar-refractivity contribution in [2.75, 3.05) is 18.0 Å². The van der Waals surface area contributed by atoms with Crippen molar-refractivity contribution < 1.29 is 0 Å². The van der Waals surface area contributed by atoms with Gasteiger partial charge in [0.2, 0.25) is 0 Å². The van der Waals surface area contributed by atoms with Crippen LogP contribution in [0.25, 0.3) is 0 Å². The Morgan fingerprint density at radius 1 is 1.37 bits per heavy atom. The summed E-state index contributed by atoms with van der Waals surface area (Å²) < 4.78 is 0.